The molecule has 3 nitrogen and oxygen atoms in total. The minimum absolute atomic E-state index is 0.00116. The largest absolute Gasteiger partial charge is 0.481 e. The average Bonchev–Trinajstić information content (AvgIpc) is 1.93. The van der Waals surface area contributed by atoms with Crippen LogP contribution in [-0.4, -0.2) is 22.3 Å². The summed E-state index contributed by atoms with van der Waals surface area (Å²) < 4.78 is 0. The standard InChI is InChI=1S/C8H14O3/c9-7-4-2-1-3-6(7)5-8(10)11/h6-7,9H,1-5H2,(H,10,11)/t6?,7-/m1/s1. The molecule has 1 aliphatic rings. The maximum Gasteiger partial charge on any atom is 0.303 e. The van der Waals surface area contributed by atoms with Crippen LogP contribution in [0.15, 0.2) is 0 Å². The van der Waals surface area contributed by atoms with Gasteiger partial charge in [-0.25, -0.2) is 0 Å². The van der Waals surface area contributed by atoms with Gasteiger partial charge in [-0.2, -0.15) is 0 Å². The van der Waals surface area contributed by atoms with Crippen LogP contribution in [0.2, 0.25) is 0 Å². The fourth-order valence-corrected chi connectivity index (χ4v) is 1.65. The Bertz CT molecular complexity index is 144. The van der Waals surface area contributed by atoms with E-state index in [2.05, 4.69) is 0 Å². The maximum absolute atomic E-state index is 10.3. The SMILES string of the molecule is O=C(O)CC1CCCC[C@H]1O. The third kappa shape index (κ3) is 2.50. The molecule has 1 saturated carbocycles. The summed E-state index contributed by atoms with van der Waals surface area (Å²) >= 11 is 0. The number of carbonyl (C=O) groups is 1. The van der Waals surface area contributed by atoms with E-state index in [1.165, 1.54) is 0 Å². The molecule has 2 N–H and O–H groups in total. The number of aliphatic carboxylic acids is 1. The van der Waals surface area contributed by atoms with Gasteiger partial charge in [-0.15, -0.1) is 0 Å². The molecule has 3 heteroatoms. The monoisotopic (exact) mass is 158 g/mol. The van der Waals surface area contributed by atoms with Crippen LogP contribution >= 0.6 is 0 Å². The first-order chi connectivity index (χ1) is 5.20. The van der Waals surface area contributed by atoms with E-state index in [0.717, 1.165) is 25.7 Å². The first kappa shape index (κ1) is 8.53. The molecule has 64 valence electrons. The highest BCUT2D eigenvalue weighted by Crippen LogP contribution is 2.26. The maximum atomic E-state index is 10.3. The number of carboxylic acids is 1. The molecular formula is C8H14O3. The quantitative estimate of drug-likeness (QED) is 0.630. The van der Waals surface area contributed by atoms with Crippen molar-refractivity contribution < 1.29 is 15.0 Å². The molecule has 0 spiro atoms. The third-order valence-corrected chi connectivity index (χ3v) is 2.31. The van der Waals surface area contributed by atoms with Crippen LogP contribution in [0.3, 0.4) is 0 Å². The van der Waals surface area contributed by atoms with Crippen molar-refractivity contribution in [1.29, 1.82) is 0 Å². The Labute approximate surface area is 66.0 Å². The van der Waals surface area contributed by atoms with E-state index >= 15 is 0 Å². The van der Waals surface area contributed by atoms with E-state index in [1.54, 1.807) is 0 Å². The van der Waals surface area contributed by atoms with Crippen LogP contribution in [-0.2, 0) is 4.79 Å². The van der Waals surface area contributed by atoms with Gasteiger partial charge in [0.2, 0.25) is 0 Å². The van der Waals surface area contributed by atoms with E-state index in [4.69, 9.17) is 5.11 Å². The summed E-state index contributed by atoms with van der Waals surface area (Å²) in [6, 6.07) is 0. The molecular weight excluding hydrogens is 144 g/mol. The topological polar surface area (TPSA) is 57.5 Å². The number of hydrogen-bond donors (Lipinski definition) is 2. The Kier molecular flexibility index (Phi) is 2.88. The van der Waals surface area contributed by atoms with E-state index in [1.807, 2.05) is 0 Å². The second-order valence-corrected chi connectivity index (χ2v) is 3.21. The Morgan fingerprint density at radius 3 is 2.55 bits per heavy atom. The van der Waals surface area contributed by atoms with Crippen LogP contribution in [0.25, 0.3) is 0 Å². The van der Waals surface area contributed by atoms with Crippen molar-refractivity contribution in [2.75, 3.05) is 0 Å². The number of rotatable bonds is 2. The van der Waals surface area contributed by atoms with Crippen LogP contribution in [0.4, 0.5) is 0 Å². The highest BCUT2D eigenvalue weighted by molar-refractivity contribution is 5.67. The van der Waals surface area contributed by atoms with Gasteiger partial charge in [-0.3, -0.25) is 4.79 Å². The Morgan fingerprint density at radius 2 is 2.00 bits per heavy atom. The molecule has 1 fully saturated rings. The minimum Gasteiger partial charge on any atom is -0.481 e. The second-order valence-electron chi connectivity index (χ2n) is 3.21. The molecule has 0 amide bonds. The van der Waals surface area contributed by atoms with E-state index in [9.17, 15) is 9.90 Å². The third-order valence-electron chi connectivity index (χ3n) is 2.31. The van der Waals surface area contributed by atoms with Gasteiger partial charge in [0.05, 0.1) is 12.5 Å². The molecule has 0 saturated heterocycles. The lowest BCUT2D eigenvalue weighted by molar-refractivity contribution is -0.139. The number of aliphatic hydroxyl groups is 1. The van der Waals surface area contributed by atoms with Crippen molar-refractivity contribution in [1.82, 2.24) is 0 Å². The van der Waals surface area contributed by atoms with Gasteiger partial charge >= 0.3 is 5.97 Å². The normalized spacial score (nSPS) is 31.7. The van der Waals surface area contributed by atoms with Gasteiger partial charge in [0.25, 0.3) is 0 Å². The van der Waals surface area contributed by atoms with Crippen molar-refractivity contribution in [3.63, 3.8) is 0 Å². The van der Waals surface area contributed by atoms with E-state index < -0.39 is 5.97 Å². The van der Waals surface area contributed by atoms with Crippen LogP contribution in [0.1, 0.15) is 32.1 Å². The molecule has 0 aromatic heterocycles. The Hall–Kier alpha value is -0.570. The van der Waals surface area contributed by atoms with Crippen LogP contribution in [0.5, 0.6) is 0 Å². The van der Waals surface area contributed by atoms with Crippen molar-refractivity contribution >= 4 is 5.97 Å². The molecule has 0 aromatic carbocycles. The van der Waals surface area contributed by atoms with Crippen molar-refractivity contribution in [2.24, 2.45) is 5.92 Å². The zero-order valence-corrected chi connectivity index (χ0v) is 6.49. The predicted molar refractivity (Wildman–Crippen MR) is 40.2 cm³/mol. The molecule has 2 atom stereocenters. The fourth-order valence-electron chi connectivity index (χ4n) is 1.65. The predicted octanol–water partition coefficient (Wildman–Crippen LogP) is 1.01. The summed E-state index contributed by atoms with van der Waals surface area (Å²) in [5.41, 5.74) is 0. The lowest BCUT2D eigenvalue weighted by Gasteiger charge is -2.25. The molecule has 11 heavy (non-hydrogen) atoms. The molecule has 0 heterocycles. The van der Waals surface area contributed by atoms with E-state index in [-0.39, 0.29) is 18.4 Å². The number of hydrogen-bond acceptors (Lipinski definition) is 2. The zero-order chi connectivity index (χ0) is 8.27. The summed E-state index contributed by atoms with van der Waals surface area (Å²) in [4.78, 5) is 10.3. The van der Waals surface area contributed by atoms with Crippen LogP contribution in [0, 0.1) is 5.92 Å². The summed E-state index contributed by atoms with van der Waals surface area (Å²) in [6.07, 6.45) is 3.50. The molecule has 0 bridgehead atoms. The lowest BCUT2D eigenvalue weighted by Crippen LogP contribution is -2.26. The van der Waals surface area contributed by atoms with Gasteiger partial charge in [-0.05, 0) is 18.8 Å². The van der Waals surface area contributed by atoms with Crippen molar-refractivity contribution in [3.8, 4) is 0 Å². The van der Waals surface area contributed by atoms with Gasteiger partial charge < -0.3 is 10.2 Å². The molecule has 0 aliphatic heterocycles. The first-order valence-electron chi connectivity index (χ1n) is 4.10. The second kappa shape index (κ2) is 3.72. The summed E-state index contributed by atoms with van der Waals surface area (Å²) in [6.45, 7) is 0. The highest BCUT2D eigenvalue weighted by Gasteiger charge is 2.24. The average molecular weight is 158 g/mol. The summed E-state index contributed by atoms with van der Waals surface area (Å²) in [5.74, 6) is -0.794. The van der Waals surface area contributed by atoms with Gasteiger partial charge in [0.1, 0.15) is 0 Å². The first-order valence-corrected chi connectivity index (χ1v) is 4.10. The van der Waals surface area contributed by atoms with Gasteiger partial charge in [-0.1, -0.05) is 12.8 Å². The number of aliphatic hydroxyl groups excluding tert-OH is 1. The van der Waals surface area contributed by atoms with E-state index in [0.29, 0.717) is 0 Å². The summed E-state index contributed by atoms with van der Waals surface area (Å²) in [5, 5.41) is 17.8. The molecule has 1 aliphatic carbocycles. The summed E-state index contributed by atoms with van der Waals surface area (Å²) in [7, 11) is 0. The zero-order valence-electron chi connectivity index (χ0n) is 6.49. The Balaban J connectivity index is 2.35. The molecule has 0 aromatic rings. The minimum atomic E-state index is -0.795. The lowest BCUT2D eigenvalue weighted by atomic mass is 9.84. The molecule has 0 radical (unpaired) electrons. The van der Waals surface area contributed by atoms with Crippen molar-refractivity contribution in [2.45, 2.75) is 38.2 Å². The van der Waals surface area contributed by atoms with Gasteiger partial charge in [0, 0.05) is 0 Å². The Morgan fingerprint density at radius 1 is 1.36 bits per heavy atom. The van der Waals surface area contributed by atoms with Gasteiger partial charge in [0.15, 0.2) is 0 Å². The molecule has 1 unspecified atom stereocenters. The smallest absolute Gasteiger partial charge is 0.303 e. The molecule has 1 rings (SSSR count). The van der Waals surface area contributed by atoms with Crippen molar-refractivity contribution in [3.05, 3.63) is 0 Å². The number of carboxylic acid groups (broad SMARTS) is 1. The van der Waals surface area contributed by atoms with Crippen LogP contribution < -0.4 is 0 Å². The highest BCUT2D eigenvalue weighted by atomic mass is 16.4. The fraction of sp³-hybridized carbons (Fsp3) is 0.875.